The van der Waals surface area contributed by atoms with Gasteiger partial charge in [0.25, 0.3) is 0 Å². The molecular formula is C17H21N3O2. The smallest absolute Gasteiger partial charge is 0.243 e. The molecule has 1 heterocycles. The first-order valence-corrected chi connectivity index (χ1v) is 7.95. The lowest BCUT2D eigenvalue weighted by molar-refractivity contribution is -0.136. The molecule has 22 heavy (non-hydrogen) atoms. The highest BCUT2D eigenvalue weighted by Gasteiger charge is 2.24. The summed E-state index contributed by atoms with van der Waals surface area (Å²) in [5.74, 6) is -0.195. The summed E-state index contributed by atoms with van der Waals surface area (Å²) >= 11 is 0. The minimum absolute atomic E-state index is 0.0195. The van der Waals surface area contributed by atoms with Gasteiger partial charge in [0.15, 0.2) is 0 Å². The monoisotopic (exact) mass is 299 g/mol. The van der Waals surface area contributed by atoms with Crippen molar-refractivity contribution < 1.29 is 9.59 Å². The van der Waals surface area contributed by atoms with E-state index in [2.05, 4.69) is 10.4 Å². The molecule has 2 amide bonds. The van der Waals surface area contributed by atoms with Gasteiger partial charge in [0.1, 0.15) is 6.54 Å². The van der Waals surface area contributed by atoms with Crippen LogP contribution in [0.2, 0.25) is 0 Å². The van der Waals surface area contributed by atoms with E-state index in [0.29, 0.717) is 12.8 Å². The fraction of sp³-hybridized carbons (Fsp3) is 0.471. The van der Waals surface area contributed by atoms with Crippen molar-refractivity contribution >= 4 is 17.5 Å². The Labute approximate surface area is 130 Å². The molecule has 1 saturated carbocycles. The van der Waals surface area contributed by atoms with Gasteiger partial charge in [-0.05, 0) is 18.4 Å². The van der Waals surface area contributed by atoms with Gasteiger partial charge in [-0.2, -0.15) is 5.10 Å². The number of rotatable bonds is 4. The molecule has 0 saturated heterocycles. The highest BCUT2D eigenvalue weighted by Crippen LogP contribution is 2.18. The Balaban J connectivity index is 1.65. The highest BCUT2D eigenvalue weighted by molar-refractivity contribution is 6.04. The van der Waals surface area contributed by atoms with Crippen LogP contribution in [0.3, 0.4) is 0 Å². The summed E-state index contributed by atoms with van der Waals surface area (Å²) in [5.41, 5.74) is 1.88. The molecule has 116 valence electrons. The predicted molar refractivity (Wildman–Crippen MR) is 84.3 cm³/mol. The number of hydrazone groups is 1. The van der Waals surface area contributed by atoms with Gasteiger partial charge in [0.2, 0.25) is 11.8 Å². The predicted octanol–water partition coefficient (Wildman–Crippen LogP) is 2.07. The Morgan fingerprint density at radius 2 is 1.91 bits per heavy atom. The molecule has 1 aliphatic carbocycles. The van der Waals surface area contributed by atoms with Crippen molar-refractivity contribution in [1.82, 2.24) is 10.3 Å². The molecule has 5 heteroatoms. The summed E-state index contributed by atoms with van der Waals surface area (Å²) in [4.78, 5) is 24.1. The van der Waals surface area contributed by atoms with Crippen LogP contribution < -0.4 is 5.32 Å². The minimum atomic E-state index is -0.113. The molecule has 0 spiro atoms. The number of hydrogen-bond donors (Lipinski definition) is 1. The fourth-order valence-electron chi connectivity index (χ4n) is 3.04. The second kappa shape index (κ2) is 6.73. The first-order valence-electron chi connectivity index (χ1n) is 7.95. The molecule has 5 nitrogen and oxygen atoms in total. The van der Waals surface area contributed by atoms with Gasteiger partial charge in [-0.25, -0.2) is 5.01 Å². The minimum Gasteiger partial charge on any atom is -0.352 e. The van der Waals surface area contributed by atoms with Crippen molar-refractivity contribution in [3.8, 4) is 0 Å². The number of carbonyl (C=O) groups is 2. The Bertz CT molecular complexity index is 577. The molecule has 1 aromatic rings. The van der Waals surface area contributed by atoms with Crippen LogP contribution in [0, 0.1) is 0 Å². The van der Waals surface area contributed by atoms with Crippen LogP contribution in [0.15, 0.2) is 35.4 Å². The van der Waals surface area contributed by atoms with E-state index in [1.165, 1.54) is 17.9 Å². The van der Waals surface area contributed by atoms with Gasteiger partial charge >= 0.3 is 0 Å². The molecule has 0 bridgehead atoms. The Morgan fingerprint density at radius 1 is 1.18 bits per heavy atom. The zero-order chi connectivity index (χ0) is 15.4. The second-order valence-corrected chi connectivity index (χ2v) is 5.91. The molecule has 1 aliphatic heterocycles. The van der Waals surface area contributed by atoms with Crippen LogP contribution in [0.25, 0.3) is 0 Å². The van der Waals surface area contributed by atoms with Gasteiger partial charge in [-0.15, -0.1) is 0 Å². The largest absolute Gasteiger partial charge is 0.352 e. The number of carbonyl (C=O) groups excluding carboxylic acids is 2. The van der Waals surface area contributed by atoms with Crippen molar-refractivity contribution in [2.24, 2.45) is 5.10 Å². The SMILES string of the molecule is O=C(CN1N=C(c2ccccc2)CCC1=O)NC1CCCC1. The van der Waals surface area contributed by atoms with E-state index in [1.54, 1.807) is 0 Å². The molecule has 0 unspecified atom stereocenters. The Kier molecular flexibility index (Phi) is 4.51. The van der Waals surface area contributed by atoms with Gasteiger partial charge in [-0.1, -0.05) is 43.2 Å². The van der Waals surface area contributed by atoms with Crippen LogP contribution in [0.5, 0.6) is 0 Å². The number of nitrogens with zero attached hydrogens (tertiary/aromatic N) is 2. The van der Waals surface area contributed by atoms with Crippen LogP contribution in [0.1, 0.15) is 44.1 Å². The molecule has 3 rings (SSSR count). The summed E-state index contributed by atoms with van der Waals surface area (Å²) < 4.78 is 0. The van der Waals surface area contributed by atoms with E-state index in [1.807, 2.05) is 30.3 Å². The van der Waals surface area contributed by atoms with E-state index in [0.717, 1.165) is 24.1 Å². The Hall–Kier alpha value is -2.17. The van der Waals surface area contributed by atoms with Crippen molar-refractivity contribution in [2.75, 3.05) is 6.54 Å². The number of benzene rings is 1. The van der Waals surface area contributed by atoms with Crippen molar-refractivity contribution in [2.45, 2.75) is 44.6 Å². The maximum atomic E-state index is 12.1. The molecule has 0 aromatic heterocycles. The van der Waals surface area contributed by atoms with Crippen LogP contribution in [-0.4, -0.2) is 35.1 Å². The van der Waals surface area contributed by atoms with Crippen molar-refractivity contribution in [3.63, 3.8) is 0 Å². The molecule has 0 radical (unpaired) electrons. The second-order valence-electron chi connectivity index (χ2n) is 5.91. The standard InChI is InChI=1S/C17H21N3O2/c21-16(18-14-8-4-5-9-14)12-20-17(22)11-10-15(19-20)13-6-2-1-3-7-13/h1-3,6-7,14H,4-5,8-12H2,(H,18,21). The van der Waals surface area contributed by atoms with Crippen LogP contribution >= 0.6 is 0 Å². The topological polar surface area (TPSA) is 61.8 Å². The Morgan fingerprint density at radius 3 is 2.64 bits per heavy atom. The van der Waals surface area contributed by atoms with Gasteiger partial charge < -0.3 is 5.32 Å². The zero-order valence-electron chi connectivity index (χ0n) is 12.6. The summed E-state index contributed by atoms with van der Waals surface area (Å²) in [6.07, 6.45) is 5.46. The van der Waals surface area contributed by atoms with E-state index < -0.39 is 0 Å². The van der Waals surface area contributed by atoms with Crippen LogP contribution in [0.4, 0.5) is 0 Å². The van der Waals surface area contributed by atoms with Crippen molar-refractivity contribution in [1.29, 1.82) is 0 Å². The lowest BCUT2D eigenvalue weighted by atomic mass is 10.0. The van der Waals surface area contributed by atoms with E-state index in [9.17, 15) is 9.59 Å². The van der Waals surface area contributed by atoms with Crippen LogP contribution in [-0.2, 0) is 9.59 Å². The van der Waals surface area contributed by atoms with E-state index >= 15 is 0 Å². The molecule has 1 aromatic carbocycles. The van der Waals surface area contributed by atoms with Gasteiger partial charge in [0.05, 0.1) is 5.71 Å². The summed E-state index contributed by atoms with van der Waals surface area (Å²) in [5, 5.41) is 8.70. The third-order valence-corrected chi connectivity index (χ3v) is 4.23. The fourth-order valence-corrected chi connectivity index (χ4v) is 3.04. The average Bonchev–Trinajstić information content (AvgIpc) is 3.03. The maximum Gasteiger partial charge on any atom is 0.243 e. The molecule has 1 N–H and O–H groups in total. The lowest BCUT2D eigenvalue weighted by Gasteiger charge is -2.24. The third kappa shape index (κ3) is 3.53. The molecular weight excluding hydrogens is 278 g/mol. The number of nitrogens with one attached hydrogen (secondary N) is 1. The zero-order valence-corrected chi connectivity index (χ0v) is 12.6. The molecule has 2 aliphatic rings. The van der Waals surface area contributed by atoms with E-state index in [4.69, 9.17) is 0 Å². The molecule has 1 fully saturated rings. The maximum absolute atomic E-state index is 12.1. The first kappa shape index (κ1) is 14.8. The normalized spacial score (nSPS) is 19.2. The first-order chi connectivity index (χ1) is 10.7. The highest BCUT2D eigenvalue weighted by atomic mass is 16.2. The quantitative estimate of drug-likeness (QED) is 0.925. The number of hydrogen-bond acceptors (Lipinski definition) is 3. The summed E-state index contributed by atoms with van der Waals surface area (Å²) in [6.45, 7) is 0.0195. The summed E-state index contributed by atoms with van der Waals surface area (Å²) in [7, 11) is 0. The number of amides is 2. The summed E-state index contributed by atoms with van der Waals surface area (Å²) in [6, 6.07) is 10.1. The van der Waals surface area contributed by atoms with Crippen molar-refractivity contribution in [3.05, 3.63) is 35.9 Å². The molecule has 0 atom stereocenters. The third-order valence-electron chi connectivity index (χ3n) is 4.23. The van der Waals surface area contributed by atoms with E-state index in [-0.39, 0.29) is 24.4 Å². The lowest BCUT2D eigenvalue weighted by Crippen LogP contribution is -2.43. The van der Waals surface area contributed by atoms with Gasteiger partial charge in [-0.3, -0.25) is 9.59 Å². The van der Waals surface area contributed by atoms with Gasteiger partial charge in [0, 0.05) is 18.9 Å². The average molecular weight is 299 g/mol.